The summed E-state index contributed by atoms with van der Waals surface area (Å²) >= 11 is 1.53. The topological polar surface area (TPSA) is 48.1 Å². The summed E-state index contributed by atoms with van der Waals surface area (Å²) in [5.74, 6) is 1.51. The predicted molar refractivity (Wildman–Crippen MR) is 120 cm³/mol. The van der Waals surface area contributed by atoms with Gasteiger partial charge in [-0.05, 0) is 34.7 Å². The van der Waals surface area contributed by atoms with Crippen LogP contribution in [0, 0.1) is 0 Å². The molecule has 1 aromatic heterocycles. The van der Waals surface area contributed by atoms with Crippen LogP contribution in [0.5, 0.6) is 11.5 Å². The second kappa shape index (κ2) is 8.66. The molecule has 3 aromatic rings. The molecule has 0 aliphatic rings. The fraction of sp³-hybridized carbons (Fsp3) is 0.304. The Morgan fingerprint density at radius 3 is 2.31 bits per heavy atom. The molecule has 0 radical (unpaired) electrons. The van der Waals surface area contributed by atoms with Gasteiger partial charge in [0.1, 0.15) is 11.5 Å². The van der Waals surface area contributed by atoms with Gasteiger partial charge in [-0.15, -0.1) is 11.3 Å². The minimum absolute atomic E-state index is 0.127. The first-order chi connectivity index (χ1) is 13.9. The number of methoxy groups -OCH3 is 2. The third-order valence-electron chi connectivity index (χ3n) is 4.66. The van der Waals surface area contributed by atoms with Crippen molar-refractivity contribution >= 4 is 17.6 Å². The van der Waals surface area contributed by atoms with Gasteiger partial charge in [0, 0.05) is 18.0 Å². The van der Waals surface area contributed by atoms with Crippen LogP contribution in [0.2, 0.25) is 0 Å². The zero-order valence-corrected chi connectivity index (χ0v) is 18.6. The van der Waals surface area contributed by atoms with Gasteiger partial charge in [-0.3, -0.25) is 4.99 Å². The van der Waals surface area contributed by atoms with Gasteiger partial charge in [-0.2, -0.15) is 5.10 Å². The normalized spacial score (nSPS) is 12.6. The molecular weight excluding hydrogens is 382 g/mol. The molecule has 1 heterocycles. The van der Waals surface area contributed by atoms with Gasteiger partial charge in [-0.1, -0.05) is 45.0 Å². The van der Waals surface area contributed by atoms with Crippen molar-refractivity contribution in [1.29, 1.82) is 0 Å². The van der Waals surface area contributed by atoms with Crippen LogP contribution in [-0.4, -0.2) is 32.2 Å². The van der Waals surface area contributed by atoms with Crippen LogP contribution in [-0.2, 0) is 5.41 Å². The molecule has 0 N–H and O–H groups in total. The maximum absolute atomic E-state index is 5.56. The zero-order chi connectivity index (χ0) is 21.0. The predicted octanol–water partition coefficient (Wildman–Crippen LogP) is 4.94. The largest absolute Gasteiger partial charge is 0.497 e. The van der Waals surface area contributed by atoms with Gasteiger partial charge in [0.15, 0.2) is 0 Å². The van der Waals surface area contributed by atoms with E-state index < -0.39 is 0 Å². The molecular formula is C23H27N3O2S. The lowest BCUT2D eigenvalue weighted by Gasteiger charge is -2.18. The van der Waals surface area contributed by atoms with Gasteiger partial charge < -0.3 is 9.47 Å². The van der Waals surface area contributed by atoms with Crippen LogP contribution in [0.25, 0.3) is 11.3 Å². The second-order valence-corrected chi connectivity index (χ2v) is 8.46. The number of ether oxygens (including phenoxy) is 2. The lowest BCUT2D eigenvalue weighted by atomic mass is 9.87. The van der Waals surface area contributed by atoms with E-state index in [1.54, 1.807) is 21.3 Å². The quantitative estimate of drug-likeness (QED) is 0.560. The van der Waals surface area contributed by atoms with Gasteiger partial charge >= 0.3 is 0 Å². The molecule has 0 saturated carbocycles. The molecule has 0 saturated heterocycles. The van der Waals surface area contributed by atoms with Crippen molar-refractivity contribution in [3.05, 3.63) is 63.8 Å². The Morgan fingerprint density at radius 2 is 1.72 bits per heavy atom. The summed E-state index contributed by atoms with van der Waals surface area (Å²) in [6.07, 6.45) is 1.85. The summed E-state index contributed by atoms with van der Waals surface area (Å²) in [5, 5.41) is 6.75. The number of benzene rings is 2. The van der Waals surface area contributed by atoms with E-state index in [2.05, 4.69) is 50.0 Å². The number of rotatable bonds is 5. The number of nitrogens with zero attached hydrogens (tertiary/aromatic N) is 3. The first kappa shape index (κ1) is 20.9. The molecule has 29 heavy (non-hydrogen) atoms. The molecule has 0 fully saturated rings. The molecule has 0 bridgehead atoms. The Balaban J connectivity index is 2.04. The molecule has 0 atom stereocenters. The summed E-state index contributed by atoms with van der Waals surface area (Å²) < 4.78 is 12.8. The third-order valence-corrected chi connectivity index (χ3v) is 5.57. The Bertz CT molecular complexity index is 1070. The van der Waals surface area contributed by atoms with E-state index in [0.29, 0.717) is 0 Å². The second-order valence-electron chi connectivity index (χ2n) is 7.62. The number of hydrogen-bond donors (Lipinski definition) is 0. The molecule has 0 aliphatic carbocycles. The SMILES string of the molecule is CN=c1scc(-c2cc(OC)ccc2OC)n1N=Cc1ccc(C(C)(C)C)cc1. The summed E-state index contributed by atoms with van der Waals surface area (Å²) in [5.41, 5.74) is 4.25. The van der Waals surface area contributed by atoms with Crippen molar-refractivity contribution in [2.24, 2.45) is 10.1 Å². The fourth-order valence-corrected chi connectivity index (χ4v) is 3.75. The Kier molecular flexibility index (Phi) is 6.23. The highest BCUT2D eigenvalue weighted by Gasteiger charge is 2.14. The van der Waals surface area contributed by atoms with Crippen LogP contribution in [0.3, 0.4) is 0 Å². The van der Waals surface area contributed by atoms with Crippen molar-refractivity contribution in [3.8, 4) is 22.8 Å². The highest BCUT2D eigenvalue weighted by atomic mass is 32.1. The van der Waals surface area contributed by atoms with Crippen molar-refractivity contribution < 1.29 is 9.47 Å². The number of aromatic nitrogens is 1. The number of thiazole rings is 1. The number of hydrogen-bond acceptors (Lipinski definition) is 5. The average molecular weight is 410 g/mol. The van der Waals surface area contributed by atoms with E-state index in [-0.39, 0.29) is 5.41 Å². The van der Waals surface area contributed by atoms with E-state index >= 15 is 0 Å². The highest BCUT2D eigenvalue weighted by Crippen LogP contribution is 2.33. The molecule has 3 rings (SSSR count). The van der Waals surface area contributed by atoms with Gasteiger partial charge in [0.2, 0.25) is 4.80 Å². The Labute approximate surface area is 176 Å². The lowest BCUT2D eigenvalue weighted by molar-refractivity contribution is 0.404. The van der Waals surface area contributed by atoms with Crippen LogP contribution in [0.1, 0.15) is 31.9 Å². The molecule has 152 valence electrons. The van der Waals surface area contributed by atoms with E-state index in [4.69, 9.17) is 14.6 Å². The van der Waals surface area contributed by atoms with Crippen molar-refractivity contribution in [2.45, 2.75) is 26.2 Å². The molecule has 2 aromatic carbocycles. The van der Waals surface area contributed by atoms with E-state index in [0.717, 1.165) is 33.1 Å². The summed E-state index contributed by atoms with van der Waals surface area (Å²) in [7, 11) is 5.08. The first-order valence-electron chi connectivity index (χ1n) is 9.38. The summed E-state index contributed by atoms with van der Waals surface area (Å²) in [6, 6.07) is 14.2. The Morgan fingerprint density at radius 1 is 1.00 bits per heavy atom. The zero-order valence-electron chi connectivity index (χ0n) is 17.8. The highest BCUT2D eigenvalue weighted by molar-refractivity contribution is 7.07. The van der Waals surface area contributed by atoms with Crippen molar-refractivity contribution in [1.82, 2.24) is 4.68 Å². The maximum atomic E-state index is 5.56. The fourth-order valence-electron chi connectivity index (χ4n) is 2.96. The van der Waals surface area contributed by atoms with E-state index in [9.17, 15) is 0 Å². The van der Waals surface area contributed by atoms with Crippen molar-refractivity contribution in [2.75, 3.05) is 21.3 Å². The van der Waals surface area contributed by atoms with Crippen LogP contribution < -0.4 is 14.3 Å². The molecule has 5 nitrogen and oxygen atoms in total. The Hall–Kier alpha value is -2.86. The maximum Gasteiger partial charge on any atom is 0.205 e. The van der Waals surface area contributed by atoms with E-state index in [1.165, 1.54) is 16.9 Å². The van der Waals surface area contributed by atoms with Crippen molar-refractivity contribution in [3.63, 3.8) is 0 Å². The van der Waals surface area contributed by atoms with Crippen LogP contribution >= 0.6 is 11.3 Å². The molecule has 6 heteroatoms. The smallest absolute Gasteiger partial charge is 0.205 e. The molecule has 0 spiro atoms. The monoisotopic (exact) mass is 409 g/mol. The van der Waals surface area contributed by atoms with Gasteiger partial charge in [0.25, 0.3) is 0 Å². The van der Waals surface area contributed by atoms with Gasteiger partial charge in [-0.25, -0.2) is 4.68 Å². The third kappa shape index (κ3) is 4.59. The molecule has 0 unspecified atom stereocenters. The lowest BCUT2D eigenvalue weighted by Crippen LogP contribution is -2.12. The standard InChI is InChI=1S/C23H27N3O2S/c1-23(2,3)17-9-7-16(8-10-17)14-25-26-20(15-29-22(26)24-4)19-13-18(27-5)11-12-21(19)28-6/h7-15H,1-6H3. The average Bonchev–Trinajstić information content (AvgIpc) is 3.14. The van der Waals surface area contributed by atoms with Crippen LogP contribution in [0.15, 0.2) is 57.9 Å². The minimum Gasteiger partial charge on any atom is -0.497 e. The summed E-state index contributed by atoms with van der Waals surface area (Å²) in [4.78, 5) is 5.17. The van der Waals surface area contributed by atoms with Crippen LogP contribution in [0.4, 0.5) is 0 Å². The van der Waals surface area contributed by atoms with Gasteiger partial charge in [0.05, 0.1) is 26.1 Å². The summed E-state index contributed by atoms with van der Waals surface area (Å²) in [6.45, 7) is 6.63. The van der Waals surface area contributed by atoms with E-state index in [1.807, 2.05) is 34.5 Å². The molecule has 0 amide bonds. The molecule has 0 aliphatic heterocycles. The first-order valence-corrected chi connectivity index (χ1v) is 10.3. The minimum atomic E-state index is 0.127.